The second kappa shape index (κ2) is 4.82. The first-order chi connectivity index (χ1) is 7.20. The Morgan fingerprint density at radius 1 is 1.40 bits per heavy atom. The second-order valence-corrected chi connectivity index (χ2v) is 2.80. The summed E-state index contributed by atoms with van der Waals surface area (Å²) in [7, 11) is 1.28. The number of nitrogens with zero attached hydrogens (tertiary/aromatic N) is 2. The molecule has 0 amide bonds. The van der Waals surface area contributed by atoms with E-state index in [0.29, 0.717) is 5.57 Å². The van der Waals surface area contributed by atoms with Gasteiger partial charge < -0.3 is 9.84 Å². The van der Waals surface area contributed by atoms with Gasteiger partial charge in [0.1, 0.15) is 0 Å². The predicted molar refractivity (Wildman–Crippen MR) is 57.2 cm³/mol. The lowest BCUT2D eigenvalue weighted by Gasteiger charge is -1.98. The van der Waals surface area contributed by atoms with Crippen LogP contribution in [0.25, 0.3) is 10.5 Å². The molecular weight excluding hydrogens is 192 g/mol. The third-order valence-electron chi connectivity index (χ3n) is 1.90. The first-order valence-corrected chi connectivity index (χ1v) is 4.27. The van der Waals surface area contributed by atoms with Gasteiger partial charge in [-0.25, -0.2) is 0 Å². The fourth-order valence-corrected chi connectivity index (χ4v) is 1.10. The number of methoxy groups -OCH3 is 1. The number of hydrogen-bond donors (Lipinski definition) is 1. The fourth-order valence-electron chi connectivity index (χ4n) is 1.10. The molecule has 0 aliphatic rings. The molecular formula is C11H11N2O2+. The van der Waals surface area contributed by atoms with Crippen LogP contribution in [0.2, 0.25) is 0 Å². The minimum Gasteiger partial charge on any atom is -0.475 e. The van der Waals surface area contributed by atoms with Gasteiger partial charge in [-0.2, -0.15) is 0 Å². The van der Waals surface area contributed by atoms with Crippen molar-refractivity contribution in [1.29, 1.82) is 5.39 Å². The van der Waals surface area contributed by atoms with Crippen molar-refractivity contribution in [2.24, 2.45) is 0 Å². The van der Waals surface area contributed by atoms with Crippen LogP contribution in [-0.2, 0) is 4.74 Å². The summed E-state index contributed by atoms with van der Waals surface area (Å²) in [6, 6.07) is 9.07. The number of aliphatic hydroxyl groups excluding tert-OH is 1. The lowest BCUT2D eigenvalue weighted by Crippen LogP contribution is -1.93. The Bertz CT molecular complexity index is 430. The lowest BCUT2D eigenvalue weighted by molar-refractivity contribution is 0.134. The summed E-state index contributed by atoms with van der Waals surface area (Å²) >= 11 is 0. The molecule has 76 valence electrons. The smallest absolute Gasteiger partial charge is 0.471 e. The Morgan fingerprint density at radius 3 is 2.47 bits per heavy atom. The number of ether oxygens (including phenoxy) is 1. The van der Waals surface area contributed by atoms with Crippen molar-refractivity contribution < 1.29 is 9.84 Å². The summed E-state index contributed by atoms with van der Waals surface area (Å²) in [5.74, 6) is -0.466. The van der Waals surface area contributed by atoms with E-state index in [2.05, 4.69) is 16.3 Å². The van der Waals surface area contributed by atoms with Crippen molar-refractivity contribution in [3.63, 3.8) is 0 Å². The van der Waals surface area contributed by atoms with E-state index in [9.17, 15) is 5.11 Å². The number of rotatable bonds is 3. The quantitative estimate of drug-likeness (QED) is 0.466. The maximum absolute atomic E-state index is 9.29. The largest absolute Gasteiger partial charge is 0.475 e. The molecule has 0 aromatic heterocycles. The third kappa shape index (κ3) is 2.35. The van der Waals surface area contributed by atoms with Crippen LogP contribution in [0.15, 0.2) is 48.6 Å². The van der Waals surface area contributed by atoms with E-state index in [4.69, 9.17) is 5.39 Å². The van der Waals surface area contributed by atoms with Crippen molar-refractivity contribution in [2.45, 2.75) is 0 Å². The van der Waals surface area contributed by atoms with Crippen molar-refractivity contribution >= 4 is 5.57 Å². The minimum absolute atomic E-state index is 0.0799. The molecule has 0 saturated heterocycles. The first-order valence-electron chi connectivity index (χ1n) is 4.27. The van der Waals surface area contributed by atoms with Gasteiger partial charge in [-0.15, -0.1) is 0 Å². The van der Waals surface area contributed by atoms with E-state index in [1.807, 2.05) is 18.2 Å². The van der Waals surface area contributed by atoms with Gasteiger partial charge in [-0.3, -0.25) is 0 Å². The van der Waals surface area contributed by atoms with Crippen molar-refractivity contribution in [1.82, 2.24) is 0 Å². The summed E-state index contributed by atoms with van der Waals surface area (Å²) in [5.41, 5.74) is 1.05. The molecule has 4 nitrogen and oxygen atoms in total. The first kappa shape index (κ1) is 10.8. The molecule has 0 fully saturated rings. The maximum atomic E-state index is 9.29. The molecule has 0 aliphatic carbocycles. The Balaban J connectivity index is 3.11. The van der Waals surface area contributed by atoms with Gasteiger partial charge in [0.2, 0.25) is 5.39 Å². The Morgan fingerprint density at radius 2 is 2.00 bits per heavy atom. The summed E-state index contributed by atoms with van der Waals surface area (Å²) in [6.45, 7) is 3.71. The molecule has 0 heterocycles. The molecule has 0 aliphatic heterocycles. The topological polar surface area (TPSA) is 57.6 Å². The van der Waals surface area contributed by atoms with E-state index >= 15 is 0 Å². The van der Waals surface area contributed by atoms with E-state index in [1.165, 1.54) is 7.11 Å². The van der Waals surface area contributed by atoms with Gasteiger partial charge in [0.05, 0.1) is 12.7 Å². The Labute approximate surface area is 87.7 Å². The molecule has 1 aromatic carbocycles. The molecule has 0 spiro atoms. The van der Waals surface area contributed by atoms with Gasteiger partial charge in [0.25, 0.3) is 0 Å². The number of allylic oxidation sites excluding steroid dienone is 1. The van der Waals surface area contributed by atoms with Crippen LogP contribution < -0.4 is 0 Å². The lowest BCUT2D eigenvalue weighted by atomic mass is 10.1. The highest BCUT2D eigenvalue weighted by Gasteiger charge is 2.25. The van der Waals surface area contributed by atoms with Crippen LogP contribution >= 0.6 is 0 Å². The van der Waals surface area contributed by atoms with Gasteiger partial charge in [0, 0.05) is 0 Å². The Kier molecular flexibility index (Phi) is 3.47. The molecule has 4 heteroatoms. The highest BCUT2D eigenvalue weighted by molar-refractivity contribution is 5.78. The van der Waals surface area contributed by atoms with Crippen molar-refractivity contribution in [3.05, 3.63) is 59.1 Å². The van der Waals surface area contributed by atoms with Gasteiger partial charge in [-0.1, -0.05) is 36.9 Å². The monoisotopic (exact) mass is 203 g/mol. The number of hydrogen-bond acceptors (Lipinski definition) is 3. The van der Waals surface area contributed by atoms with E-state index in [-0.39, 0.29) is 5.70 Å². The summed E-state index contributed by atoms with van der Waals surface area (Å²) in [5, 5.41) is 18.0. The van der Waals surface area contributed by atoms with Gasteiger partial charge in [-0.05, 0) is 5.56 Å². The van der Waals surface area contributed by atoms with E-state index in [1.54, 1.807) is 12.1 Å². The zero-order chi connectivity index (χ0) is 11.3. The van der Waals surface area contributed by atoms with Crippen LogP contribution in [0.3, 0.4) is 0 Å². The molecule has 0 radical (unpaired) electrons. The van der Waals surface area contributed by atoms with Crippen LogP contribution in [0.1, 0.15) is 5.56 Å². The molecule has 0 atom stereocenters. The zero-order valence-corrected chi connectivity index (χ0v) is 8.34. The molecule has 15 heavy (non-hydrogen) atoms. The molecule has 1 N–H and O–H groups in total. The molecule has 0 saturated carbocycles. The third-order valence-corrected chi connectivity index (χ3v) is 1.90. The molecule has 0 bridgehead atoms. The van der Waals surface area contributed by atoms with Crippen molar-refractivity contribution in [3.8, 4) is 0 Å². The van der Waals surface area contributed by atoms with E-state index in [0.717, 1.165) is 5.56 Å². The zero-order valence-electron chi connectivity index (χ0n) is 8.34. The standard InChI is InChI=1S/C11H10N2O2/c1-8(9-6-4-3-5-7-9)10(13-12)11(14)15-2/h3-7H,1H2,2H3/p+1/b11-10+. The van der Waals surface area contributed by atoms with Crippen molar-refractivity contribution in [2.75, 3.05) is 7.11 Å². The highest BCUT2D eigenvalue weighted by Crippen LogP contribution is 2.24. The highest BCUT2D eigenvalue weighted by atomic mass is 16.6. The molecule has 1 aromatic rings. The van der Waals surface area contributed by atoms with Gasteiger partial charge >= 0.3 is 11.6 Å². The fraction of sp³-hybridized carbons (Fsp3) is 0.0909. The molecule has 1 rings (SSSR count). The predicted octanol–water partition coefficient (Wildman–Crippen LogP) is 2.93. The Hall–Kier alpha value is -2.28. The number of diazo groups is 1. The van der Waals surface area contributed by atoms with Crippen LogP contribution in [0.4, 0.5) is 0 Å². The summed E-state index contributed by atoms with van der Waals surface area (Å²) in [6.07, 6.45) is 0. The summed E-state index contributed by atoms with van der Waals surface area (Å²) in [4.78, 5) is 2.94. The van der Waals surface area contributed by atoms with Crippen LogP contribution in [0.5, 0.6) is 0 Å². The normalized spacial score (nSPS) is 11.2. The number of aliphatic hydroxyl groups is 1. The van der Waals surface area contributed by atoms with E-state index < -0.39 is 5.95 Å². The average molecular weight is 203 g/mol. The second-order valence-electron chi connectivity index (χ2n) is 2.80. The minimum atomic E-state index is -0.466. The van der Waals surface area contributed by atoms with Crippen LogP contribution in [0, 0.1) is 5.39 Å². The summed E-state index contributed by atoms with van der Waals surface area (Å²) < 4.78 is 4.57. The van der Waals surface area contributed by atoms with Gasteiger partial charge in [0.15, 0.2) is 4.98 Å². The maximum Gasteiger partial charge on any atom is 0.471 e. The molecule has 0 unspecified atom stereocenters. The average Bonchev–Trinajstić information content (AvgIpc) is 2.30. The number of benzene rings is 1. The SMILES string of the molecule is C=C(/C([N+]#N)=C(/O)OC)c1ccccc1. The van der Waals surface area contributed by atoms with Crippen LogP contribution in [-0.4, -0.2) is 12.2 Å².